The highest BCUT2D eigenvalue weighted by Crippen LogP contribution is 2.07. The van der Waals surface area contributed by atoms with Gasteiger partial charge in [0, 0.05) is 12.7 Å². The van der Waals surface area contributed by atoms with Crippen molar-refractivity contribution >= 4 is 0 Å². The Morgan fingerprint density at radius 3 is 2.80 bits per heavy atom. The predicted octanol–water partition coefficient (Wildman–Crippen LogP) is 1.06. The van der Waals surface area contributed by atoms with Crippen molar-refractivity contribution in [2.75, 3.05) is 13.7 Å². The van der Waals surface area contributed by atoms with Gasteiger partial charge in [-0.05, 0) is 25.1 Å². The topological polar surface area (TPSA) is 25.8 Å². The molecule has 2 N–H and O–H groups in total. The van der Waals surface area contributed by atoms with Crippen LogP contribution in [0.5, 0.6) is 0 Å². The van der Waals surface area contributed by atoms with Crippen LogP contribution in [0.1, 0.15) is 12.5 Å². The van der Waals surface area contributed by atoms with Crippen LogP contribution in [0.15, 0.2) is 18.2 Å². The van der Waals surface area contributed by atoms with Crippen LogP contribution in [0.25, 0.3) is 0 Å². The second-order valence-corrected chi connectivity index (χ2v) is 3.61. The Balaban J connectivity index is 2.53. The minimum atomic E-state index is -0.404. The summed E-state index contributed by atoms with van der Waals surface area (Å²) in [6, 6.07) is 3.74. The summed E-state index contributed by atoms with van der Waals surface area (Å²) in [6.07, 6.45) is 0. The van der Waals surface area contributed by atoms with Crippen molar-refractivity contribution in [1.29, 1.82) is 0 Å². The summed E-state index contributed by atoms with van der Waals surface area (Å²) >= 11 is 0. The average molecular weight is 216 g/mol. The van der Waals surface area contributed by atoms with E-state index in [1.54, 1.807) is 7.11 Å². The molecule has 84 valence electrons. The van der Waals surface area contributed by atoms with Gasteiger partial charge in [0.25, 0.3) is 0 Å². The van der Waals surface area contributed by atoms with Crippen LogP contribution in [0, 0.1) is 11.6 Å². The molecule has 0 aliphatic heterocycles. The van der Waals surface area contributed by atoms with E-state index in [0.717, 1.165) is 12.1 Å². The van der Waals surface area contributed by atoms with Gasteiger partial charge in [0.2, 0.25) is 0 Å². The van der Waals surface area contributed by atoms with Crippen molar-refractivity contribution in [2.24, 2.45) is 0 Å². The Morgan fingerprint density at radius 1 is 1.40 bits per heavy atom. The largest absolute Gasteiger partial charge is 0.379 e. The number of hydrogen-bond acceptors (Lipinski definition) is 1. The number of quaternary nitrogens is 1. The number of halogens is 2. The number of methoxy groups -OCH3 is 1. The fraction of sp³-hybridized carbons (Fsp3) is 0.455. The maximum Gasteiger partial charge on any atom is 0.132 e. The lowest BCUT2D eigenvalue weighted by Crippen LogP contribution is -2.88. The van der Waals surface area contributed by atoms with E-state index in [0.29, 0.717) is 18.7 Å². The van der Waals surface area contributed by atoms with Gasteiger partial charge in [-0.2, -0.15) is 0 Å². The fourth-order valence-corrected chi connectivity index (χ4v) is 1.36. The van der Waals surface area contributed by atoms with Gasteiger partial charge < -0.3 is 10.1 Å². The predicted molar refractivity (Wildman–Crippen MR) is 53.3 cm³/mol. The molecule has 0 saturated heterocycles. The van der Waals surface area contributed by atoms with Gasteiger partial charge in [0.15, 0.2) is 0 Å². The van der Waals surface area contributed by atoms with Crippen molar-refractivity contribution in [1.82, 2.24) is 0 Å². The summed E-state index contributed by atoms with van der Waals surface area (Å²) in [5, 5.41) is 1.92. The number of hydrogen-bond donors (Lipinski definition) is 1. The van der Waals surface area contributed by atoms with Crippen LogP contribution in [0.3, 0.4) is 0 Å². The number of ether oxygens (including phenoxy) is 1. The van der Waals surface area contributed by atoms with E-state index >= 15 is 0 Å². The summed E-state index contributed by atoms with van der Waals surface area (Å²) in [5.41, 5.74) is 0.387. The summed E-state index contributed by atoms with van der Waals surface area (Å²) in [4.78, 5) is 0. The van der Waals surface area contributed by atoms with Gasteiger partial charge in [-0.1, -0.05) is 0 Å². The number of benzene rings is 1. The summed E-state index contributed by atoms with van der Waals surface area (Å²) < 4.78 is 30.9. The lowest BCUT2D eigenvalue weighted by atomic mass is 10.2. The Labute approximate surface area is 88.3 Å². The Morgan fingerprint density at radius 2 is 2.13 bits per heavy atom. The molecule has 0 aliphatic rings. The van der Waals surface area contributed by atoms with Gasteiger partial charge in [-0.25, -0.2) is 8.78 Å². The first-order valence-electron chi connectivity index (χ1n) is 4.89. The molecule has 0 radical (unpaired) electrons. The SMILES string of the molecule is COCC(C)[NH2+]Cc1cc(F)ccc1F. The third-order valence-corrected chi connectivity index (χ3v) is 2.18. The molecule has 1 rings (SSSR count). The first-order chi connectivity index (χ1) is 7.13. The first kappa shape index (κ1) is 12.1. The first-order valence-corrected chi connectivity index (χ1v) is 4.89. The van der Waals surface area contributed by atoms with Crippen LogP contribution >= 0.6 is 0 Å². The molecule has 0 aromatic heterocycles. The van der Waals surface area contributed by atoms with Crippen LogP contribution in [0.4, 0.5) is 8.78 Å². The van der Waals surface area contributed by atoms with Crippen molar-refractivity contribution in [3.63, 3.8) is 0 Å². The molecule has 0 spiro atoms. The number of rotatable bonds is 5. The summed E-state index contributed by atoms with van der Waals surface area (Å²) in [7, 11) is 1.62. The molecule has 1 unspecified atom stereocenters. The van der Waals surface area contributed by atoms with Crippen molar-refractivity contribution < 1.29 is 18.8 Å². The highest BCUT2D eigenvalue weighted by Gasteiger charge is 2.08. The minimum absolute atomic E-state index is 0.234. The fourth-order valence-electron chi connectivity index (χ4n) is 1.36. The standard InChI is InChI=1S/C11H15F2NO/c1-8(7-15-2)14-6-9-5-10(12)3-4-11(9)13/h3-5,8,14H,6-7H2,1-2H3/p+1. The van der Waals surface area contributed by atoms with Crippen molar-refractivity contribution in [2.45, 2.75) is 19.5 Å². The molecule has 0 heterocycles. The van der Waals surface area contributed by atoms with Gasteiger partial charge >= 0.3 is 0 Å². The smallest absolute Gasteiger partial charge is 0.132 e. The normalized spacial score (nSPS) is 12.8. The summed E-state index contributed by atoms with van der Waals surface area (Å²) in [6.45, 7) is 2.99. The van der Waals surface area contributed by atoms with E-state index in [4.69, 9.17) is 4.74 Å². The molecule has 4 heteroatoms. The molecule has 0 bridgehead atoms. The van der Waals surface area contributed by atoms with Crippen LogP contribution in [-0.4, -0.2) is 19.8 Å². The Bertz CT molecular complexity index is 317. The minimum Gasteiger partial charge on any atom is -0.379 e. The molecular weight excluding hydrogens is 200 g/mol. The lowest BCUT2D eigenvalue weighted by Gasteiger charge is -2.09. The monoisotopic (exact) mass is 216 g/mol. The van der Waals surface area contributed by atoms with Crippen molar-refractivity contribution in [3.8, 4) is 0 Å². The van der Waals surface area contributed by atoms with E-state index in [1.165, 1.54) is 6.07 Å². The van der Waals surface area contributed by atoms with Crippen LogP contribution in [0.2, 0.25) is 0 Å². The maximum atomic E-state index is 13.2. The third-order valence-electron chi connectivity index (χ3n) is 2.18. The quantitative estimate of drug-likeness (QED) is 0.782. The molecule has 0 saturated carbocycles. The van der Waals surface area contributed by atoms with E-state index in [9.17, 15) is 8.78 Å². The highest BCUT2D eigenvalue weighted by molar-refractivity contribution is 5.17. The van der Waals surface area contributed by atoms with Crippen LogP contribution < -0.4 is 5.32 Å². The molecule has 0 amide bonds. The molecule has 1 atom stereocenters. The Kier molecular flexibility index (Phi) is 4.65. The molecule has 1 aromatic carbocycles. The third kappa shape index (κ3) is 3.93. The van der Waals surface area contributed by atoms with Crippen molar-refractivity contribution in [3.05, 3.63) is 35.4 Å². The van der Waals surface area contributed by atoms with E-state index in [-0.39, 0.29) is 11.9 Å². The maximum absolute atomic E-state index is 13.2. The molecule has 1 aromatic rings. The zero-order valence-corrected chi connectivity index (χ0v) is 8.97. The second-order valence-electron chi connectivity index (χ2n) is 3.61. The molecule has 0 aliphatic carbocycles. The average Bonchev–Trinajstić information content (AvgIpc) is 2.20. The van der Waals surface area contributed by atoms with E-state index in [1.807, 2.05) is 12.2 Å². The van der Waals surface area contributed by atoms with Crippen LogP contribution in [-0.2, 0) is 11.3 Å². The molecule has 0 fully saturated rings. The van der Waals surface area contributed by atoms with Gasteiger partial charge in [0.05, 0.1) is 6.61 Å². The molecular formula is C11H16F2NO+. The zero-order chi connectivity index (χ0) is 11.3. The highest BCUT2D eigenvalue weighted by atomic mass is 19.1. The number of nitrogens with two attached hydrogens (primary N) is 1. The van der Waals surface area contributed by atoms with E-state index < -0.39 is 5.82 Å². The lowest BCUT2D eigenvalue weighted by molar-refractivity contribution is -0.703. The van der Waals surface area contributed by atoms with Gasteiger partial charge in [-0.15, -0.1) is 0 Å². The molecule has 2 nitrogen and oxygen atoms in total. The zero-order valence-electron chi connectivity index (χ0n) is 8.97. The van der Waals surface area contributed by atoms with Gasteiger partial charge in [-0.3, -0.25) is 0 Å². The van der Waals surface area contributed by atoms with E-state index in [2.05, 4.69) is 0 Å². The van der Waals surface area contributed by atoms with Gasteiger partial charge in [0.1, 0.15) is 24.2 Å². The molecule has 15 heavy (non-hydrogen) atoms. The summed E-state index contributed by atoms with van der Waals surface area (Å²) in [5.74, 6) is -0.767. The second kappa shape index (κ2) is 5.78. The Hall–Kier alpha value is -1.00.